The number of sulfonamides is 1. The summed E-state index contributed by atoms with van der Waals surface area (Å²) in [6.45, 7) is 4.90. The van der Waals surface area contributed by atoms with E-state index in [0.717, 1.165) is 24.9 Å². The van der Waals surface area contributed by atoms with Crippen LogP contribution in [-0.4, -0.2) is 33.7 Å². The first-order valence-corrected chi connectivity index (χ1v) is 8.76. The minimum atomic E-state index is -3.43. The fraction of sp³-hybridized carbons (Fsp3) is 0.600. The molecule has 2 N–H and O–H groups in total. The standard InChI is InChI=1S/C15H24N2O3S/c1-11(2)16-10-12-4-6-15(7-5-12)21(18,19)17-13-8-14(9-13)20-3/h4-7,11,13-14,16-17H,8-10H2,1-3H3. The highest BCUT2D eigenvalue weighted by Gasteiger charge is 2.32. The molecule has 21 heavy (non-hydrogen) atoms. The van der Waals surface area contributed by atoms with Gasteiger partial charge in [-0.15, -0.1) is 0 Å². The lowest BCUT2D eigenvalue weighted by Crippen LogP contribution is -2.47. The third-order valence-corrected chi connectivity index (χ3v) is 5.23. The molecule has 1 saturated carbocycles. The summed E-state index contributed by atoms with van der Waals surface area (Å²) >= 11 is 0. The molecular formula is C15H24N2O3S. The molecule has 0 amide bonds. The van der Waals surface area contributed by atoms with Gasteiger partial charge >= 0.3 is 0 Å². The van der Waals surface area contributed by atoms with Crippen LogP contribution < -0.4 is 10.0 Å². The van der Waals surface area contributed by atoms with Crippen molar-refractivity contribution in [2.24, 2.45) is 0 Å². The van der Waals surface area contributed by atoms with Crippen LogP contribution in [-0.2, 0) is 21.3 Å². The molecule has 0 aliphatic heterocycles. The van der Waals surface area contributed by atoms with Crippen LogP contribution in [0.15, 0.2) is 29.2 Å². The van der Waals surface area contributed by atoms with E-state index in [9.17, 15) is 8.42 Å². The van der Waals surface area contributed by atoms with Gasteiger partial charge in [0.1, 0.15) is 0 Å². The minimum Gasteiger partial charge on any atom is -0.381 e. The van der Waals surface area contributed by atoms with Gasteiger partial charge in [0.2, 0.25) is 10.0 Å². The summed E-state index contributed by atoms with van der Waals surface area (Å²) in [5.74, 6) is 0. The maximum atomic E-state index is 12.2. The smallest absolute Gasteiger partial charge is 0.240 e. The molecule has 0 saturated heterocycles. The number of rotatable bonds is 7. The molecule has 2 rings (SSSR count). The zero-order valence-corrected chi connectivity index (χ0v) is 13.6. The summed E-state index contributed by atoms with van der Waals surface area (Å²) in [5, 5.41) is 3.30. The van der Waals surface area contributed by atoms with E-state index >= 15 is 0 Å². The highest BCUT2D eigenvalue weighted by atomic mass is 32.2. The maximum absolute atomic E-state index is 12.2. The number of hydrogen-bond acceptors (Lipinski definition) is 4. The number of ether oxygens (including phenoxy) is 1. The summed E-state index contributed by atoms with van der Waals surface area (Å²) in [7, 11) is -1.77. The largest absolute Gasteiger partial charge is 0.381 e. The van der Waals surface area contributed by atoms with Crippen LogP contribution in [0.1, 0.15) is 32.3 Å². The van der Waals surface area contributed by atoms with Gasteiger partial charge in [0.15, 0.2) is 0 Å². The second-order valence-electron chi connectivity index (χ2n) is 5.83. The van der Waals surface area contributed by atoms with Gasteiger partial charge in [0.25, 0.3) is 0 Å². The molecule has 0 heterocycles. The van der Waals surface area contributed by atoms with Crippen molar-refractivity contribution in [2.75, 3.05) is 7.11 Å². The van der Waals surface area contributed by atoms with E-state index in [1.807, 2.05) is 12.1 Å². The highest BCUT2D eigenvalue weighted by molar-refractivity contribution is 7.89. The lowest BCUT2D eigenvalue weighted by molar-refractivity contribution is 0.0236. The Morgan fingerprint density at radius 3 is 2.38 bits per heavy atom. The molecular weight excluding hydrogens is 288 g/mol. The first-order valence-electron chi connectivity index (χ1n) is 7.28. The van der Waals surface area contributed by atoms with Crippen LogP contribution >= 0.6 is 0 Å². The van der Waals surface area contributed by atoms with E-state index in [2.05, 4.69) is 23.9 Å². The van der Waals surface area contributed by atoms with E-state index < -0.39 is 10.0 Å². The van der Waals surface area contributed by atoms with E-state index in [0.29, 0.717) is 10.9 Å². The Morgan fingerprint density at radius 1 is 1.24 bits per heavy atom. The van der Waals surface area contributed by atoms with Crippen molar-refractivity contribution in [3.63, 3.8) is 0 Å². The Bertz CT molecular complexity index is 549. The van der Waals surface area contributed by atoms with Gasteiger partial charge < -0.3 is 10.1 Å². The van der Waals surface area contributed by atoms with Gasteiger partial charge in [0.05, 0.1) is 11.0 Å². The molecule has 0 aromatic heterocycles. The molecule has 0 spiro atoms. The normalized spacial score (nSPS) is 22.3. The lowest BCUT2D eigenvalue weighted by Gasteiger charge is -2.34. The molecule has 1 aliphatic rings. The van der Waals surface area contributed by atoms with Gasteiger partial charge in [-0.3, -0.25) is 0 Å². The van der Waals surface area contributed by atoms with E-state index in [4.69, 9.17) is 4.74 Å². The van der Waals surface area contributed by atoms with Crippen LogP contribution in [0.5, 0.6) is 0 Å². The number of hydrogen-bond donors (Lipinski definition) is 2. The summed E-state index contributed by atoms with van der Waals surface area (Å²) in [6.07, 6.45) is 1.67. The van der Waals surface area contributed by atoms with E-state index in [1.54, 1.807) is 19.2 Å². The van der Waals surface area contributed by atoms with Gasteiger partial charge in [0, 0.05) is 25.7 Å². The lowest BCUT2D eigenvalue weighted by atomic mass is 9.90. The Labute approximate surface area is 127 Å². The molecule has 1 aromatic carbocycles. The average molecular weight is 312 g/mol. The highest BCUT2D eigenvalue weighted by Crippen LogP contribution is 2.24. The summed E-state index contributed by atoms with van der Waals surface area (Å²) < 4.78 is 32.4. The molecule has 5 nitrogen and oxygen atoms in total. The van der Waals surface area contributed by atoms with Gasteiger partial charge in [-0.1, -0.05) is 26.0 Å². The third-order valence-electron chi connectivity index (χ3n) is 3.70. The van der Waals surface area contributed by atoms with Crippen LogP contribution in [0.3, 0.4) is 0 Å². The number of methoxy groups -OCH3 is 1. The zero-order valence-electron chi connectivity index (χ0n) is 12.8. The van der Waals surface area contributed by atoms with Crippen molar-refractivity contribution in [1.82, 2.24) is 10.0 Å². The van der Waals surface area contributed by atoms with Crippen LogP contribution in [0, 0.1) is 0 Å². The topological polar surface area (TPSA) is 67.4 Å². The van der Waals surface area contributed by atoms with Crippen molar-refractivity contribution in [3.05, 3.63) is 29.8 Å². The predicted molar refractivity (Wildman–Crippen MR) is 82.6 cm³/mol. The van der Waals surface area contributed by atoms with Gasteiger partial charge in [-0.25, -0.2) is 13.1 Å². The molecule has 0 unspecified atom stereocenters. The van der Waals surface area contributed by atoms with Crippen molar-refractivity contribution in [1.29, 1.82) is 0 Å². The van der Waals surface area contributed by atoms with Crippen LogP contribution in [0.25, 0.3) is 0 Å². The van der Waals surface area contributed by atoms with Crippen molar-refractivity contribution in [3.8, 4) is 0 Å². The summed E-state index contributed by atoms with van der Waals surface area (Å²) in [4.78, 5) is 0.316. The molecule has 6 heteroatoms. The predicted octanol–water partition coefficient (Wildman–Crippen LogP) is 1.64. The Morgan fingerprint density at radius 2 is 1.86 bits per heavy atom. The summed E-state index contributed by atoms with van der Waals surface area (Å²) in [6, 6.07) is 7.41. The Kier molecular flexibility index (Phi) is 5.37. The van der Waals surface area contributed by atoms with Gasteiger partial charge in [-0.05, 0) is 30.5 Å². The monoisotopic (exact) mass is 312 g/mol. The van der Waals surface area contributed by atoms with E-state index in [1.165, 1.54) is 0 Å². The number of nitrogens with one attached hydrogen (secondary N) is 2. The second kappa shape index (κ2) is 6.87. The zero-order chi connectivity index (χ0) is 15.5. The maximum Gasteiger partial charge on any atom is 0.240 e. The quantitative estimate of drug-likeness (QED) is 0.803. The number of benzene rings is 1. The third kappa shape index (κ3) is 4.51. The molecule has 1 aromatic rings. The Hall–Kier alpha value is -0.950. The van der Waals surface area contributed by atoms with Crippen molar-refractivity contribution < 1.29 is 13.2 Å². The first kappa shape index (κ1) is 16.4. The Balaban J connectivity index is 1.94. The van der Waals surface area contributed by atoms with Crippen molar-refractivity contribution in [2.45, 2.75) is 56.3 Å². The molecule has 0 atom stereocenters. The fourth-order valence-corrected chi connectivity index (χ4v) is 3.51. The second-order valence-corrected chi connectivity index (χ2v) is 7.54. The molecule has 0 radical (unpaired) electrons. The average Bonchev–Trinajstić information content (AvgIpc) is 2.40. The van der Waals surface area contributed by atoms with E-state index in [-0.39, 0.29) is 12.1 Å². The van der Waals surface area contributed by atoms with Crippen molar-refractivity contribution >= 4 is 10.0 Å². The van der Waals surface area contributed by atoms with Crippen LogP contribution in [0.4, 0.5) is 0 Å². The molecule has 1 fully saturated rings. The molecule has 1 aliphatic carbocycles. The SMILES string of the molecule is COC1CC(NS(=O)(=O)c2ccc(CNC(C)C)cc2)C1. The summed E-state index contributed by atoms with van der Waals surface area (Å²) in [5.41, 5.74) is 1.07. The molecule has 118 valence electrons. The van der Waals surface area contributed by atoms with Crippen LogP contribution in [0.2, 0.25) is 0 Å². The van der Waals surface area contributed by atoms with Gasteiger partial charge in [-0.2, -0.15) is 0 Å². The molecule has 0 bridgehead atoms. The minimum absolute atomic E-state index is 0.0118. The fourth-order valence-electron chi connectivity index (χ4n) is 2.25. The first-order chi connectivity index (χ1) is 9.90.